The Kier molecular flexibility index (Phi) is 12.5. The molecule has 14 nitrogen and oxygen atoms in total. The number of amides is 4. The van der Waals surface area contributed by atoms with Gasteiger partial charge < -0.3 is 34.9 Å². The zero-order valence-corrected chi connectivity index (χ0v) is 35.3. The lowest BCUT2D eigenvalue weighted by Gasteiger charge is -2.29. The summed E-state index contributed by atoms with van der Waals surface area (Å²) in [6, 6.07) is 25.4. The first-order chi connectivity index (χ1) is 30.8. The number of imidazole rings is 1. The van der Waals surface area contributed by atoms with Crippen LogP contribution in [0.25, 0.3) is 22.5 Å². The summed E-state index contributed by atoms with van der Waals surface area (Å²) in [4.78, 5) is 65.1. The second-order valence-electron chi connectivity index (χ2n) is 16.8. The van der Waals surface area contributed by atoms with E-state index in [0.29, 0.717) is 45.0 Å². The predicted octanol–water partition coefficient (Wildman–Crippen LogP) is 5.91. The second kappa shape index (κ2) is 18.8. The fourth-order valence-corrected chi connectivity index (χ4v) is 9.10. The van der Waals surface area contributed by atoms with Gasteiger partial charge in [-0.3, -0.25) is 24.3 Å². The van der Waals surface area contributed by atoms with Crippen LogP contribution in [0.3, 0.4) is 0 Å². The van der Waals surface area contributed by atoms with E-state index in [1.54, 1.807) is 13.1 Å². The number of hydrogen-bond donors (Lipinski definition) is 4. The van der Waals surface area contributed by atoms with Gasteiger partial charge in [-0.05, 0) is 99.7 Å². The highest BCUT2D eigenvalue weighted by molar-refractivity contribution is 5.91. The monoisotopic (exact) mass is 848 g/mol. The SMILES string of the molecule is C[C@@H](NC(=O)[C@@H]1CCCO1)C(=O)N1CCC[C@H]1c1cc(-c2ccc(C#Cc3ccc(-c4cnc([C@@H]5CCCN5C(=O)[C@H](NC(=O)[C@@H]5CCCO5)c5ccccc5)[nH]4)cc3)cc2)n[nH]1. The number of nitrogens with one attached hydrogen (secondary N) is 4. The van der Waals surface area contributed by atoms with Crippen molar-refractivity contribution < 1.29 is 28.7 Å². The molecule has 0 saturated carbocycles. The summed E-state index contributed by atoms with van der Waals surface area (Å²) in [7, 11) is 0. The van der Waals surface area contributed by atoms with Crippen LogP contribution in [0.2, 0.25) is 0 Å². The van der Waals surface area contributed by atoms with Crippen LogP contribution in [-0.2, 0) is 28.7 Å². The number of rotatable bonds is 11. The van der Waals surface area contributed by atoms with Gasteiger partial charge in [0.15, 0.2) is 0 Å². The van der Waals surface area contributed by atoms with Gasteiger partial charge in [-0.25, -0.2) is 4.98 Å². The predicted molar refractivity (Wildman–Crippen MR) is 234 cm³/mol. The summed E-state index contributed by atoms with van der Waals surface area (Å²) < 4.78 is 11.1. The molecule has 4 N–H and O–H groups in total. The number of H-pyrrole nitrogens is 2. The fourth-order valence-electron chi connectivity index (χ4n) is 9.10. The van der Waals surface area contributed by atoms with E-state index in [1.807, 2.05) is 94.7 Å². The third-order valence-electron chi connectivity index (χ3n) is 12.5. The van der Waals surface area contributed by atoms with Crippen LogP contribution in [0.4, 0.5) is 0 Å². The number of likely N-dealkylation sites (tertiary alicyclic amines) is 2. The number of hydrogen-bond acceptors (Lipinski definition) is 8. The van der Waals surface area contributed by atoms with Crippen molar-refractivity contribution in [3.8, 4) is 34.4 Å². The summed E-state index contributed by atoms with van der Waals surface area (Å²) in [6.07, 6.45) is 7.07. The summed E-state index contributed by atoms with van der Waals surface area (Å²) in [5.74, 6) is 6.49. The van der Waals surface area contributed by atoms with Crippen molar-refractivity contribution in [2.75, 3.05) is 26.3 Å². The largest absolute Gasteiger partial charge is 0.368 e. The van der Waals surface area contributed by atoms with Gasteiger partial charge in [0.05, 0.1) is 35.4 Å². The molecule has 5 aromatic rings. The Morgan fingerprint density at radius 2 is 1.32 bits per heavy atom. The van der Waals surface area contributed by atoms with Crippen LogP contribution < -0.4 is 10.6 Å². The minimum Gasteiger partial charge on any atom is -0.368 e. The summed E-state index contributed by atoms with van der Waals surface area (Å²) in [5, 5.41) is 13.6. The molecular weight excluding hydrogens is 797 g/mol. The lowest BCUT2D eigenvalue weighted by Crippen LogP contribution is -2.49. The number of carbonyl (C=O) groups excluding carboxylic acids is 4. The van der Waals surface area contributed by atoms with Gasteiger partial charge in [0.1, 0.15) is 30.1 Å². The third kappa shape index (κ3) is 9.31. The molecule has 4 amide bonds. The zero-order chi connectivity index (χ0) is 43.3. The van der Waals surface area contributed by atoms with Gasteiger partial charge in [0, 0.05) is 43.0 Å². The van der Waals surface area contributed by atoms with Crippen molar-refractivity contribution in [2.45, 2.75) is 94.7 Å². The minimum absolute atomic E-state index is 0.110. The lowest BCUT2D eigenvalue weighted by atomic mass is 10.0. The topological polar surface area (TPSA) is 175 Å². The molecule has 9 rings (SSSR count). The highest BCUT2D eigenvalue weighted by Gasteiger charge is 2.39. The fraction of sp³-hybridized carbons (Fsp3) is 0.388. The molecule has 2 aromatic heterocycles. The Bertz CT molecular complexity index is 2480. The number of aromatic nitrogens is 4. The van der Waals surface area contributed by atoms with Crippen LogP contribution in [0, 0.1) is 11.8 Å². The number of nitrogens with zero attached hydrogens (tertiary/aromatic N) is 4. The Hall–Kier alpha value is -6.56. The smallest absolute Gasteiger partial charge is 0.250 e. The van der Waals surface area contributed by atoms with Crippen LogP contribution in [0.5, 0.6) is 0 Å². The Morgan fingerprint density at radius 1 is 0.714 bits per heavy atom. The maximum atomic E-state index is 14.2. The quantitative estimate of drug-likeness (QED) is 0.119. The van der Waals surface area contributed by atoms with E-state index in [2.05, 4.69) is 37.7 Å². The van der Waals surface area contributed by atoms with Gasteiger partial charge in [-0.2, -0.15) is 5.10 Å². The summed E-state index contributed by atoms with van der Waals surface area (Å²) >= 11 is 0. The molecule has 0 spiro atoms. The van der Waals surface area contributed by atoms with E-state index in [9.17, 15) is 19.2 Å². The lowest BCUT2D eigenvalue weighted by molar-refractivity contribution is -0.140. The normalized spacial score (nSPS) is 21.7. The maximum Gasteiger partial charge on any atom is 0.250 e. The molecule has 0 aliphatic carbocycles. The Balaban J connectivity index is 0.812. The molecule has 63 heavy (non-hydrogen) atoms. The van der Waals surface area contributed by atoms with Crippen LogP contribution in [0.15, 0.2) is 91.1 Å². The molecule has 4 saturated heterocycles. The molecule has 4 aliphatic rings. The highest BCUT2D eigenvalue weighted by atomic mass is 16.5. The molecule has 14 heteroatoms. The van der Waals surface area contributed by atoms with Gasteiger partial charge in [0.25, 0.3) is 0 Å². The first-order valence-corrected chi connectivity index (χ1v) is 22.1. The highest BCUT2D eigenvalue weighted by Crippen LogP contribution is 2.35. The average molecular weight is 849 g/mol. The molecule has 4 aliphatic heterocycles. The number of benzene rings is 3. The van der Waals surface area contributed by atoms with Gasteiger partial charge >= 0.3 is 0 Å². The first kappa shape index (κ1) is 41.8. The van der Waals surface area contributed by atoms with E-state index >= 15 is 0 Å². The molecule has 6 heterocycles. The molecule has 6 atom stereocenters. The van der Waals surface area contributed by atoms with Gasteiger partial charge in [0.2, 0.25) is 23.6 Å². The second-order valence-corrected chi connectivity index (χ2v) is 16.8. The molecule has 0 radical (unpaired) electrons. The zero-order valence-electron chi connectivity index (χ0n) is 35.3. The van der Waals surface area contributed by atoms with E-state index in [1.165, 1.54) is 0 Å². The van der Waals surface area contributed by atoms with Crippen molar-refractivity contribution in [1.29, 1.82) is 0 Å². The van der Waals surface area contributed by atoms with E-state index < -0.39 is 24.3 Å². The van der Waals surface area contributed by atoms with Crippen molar-refractivity contribution in [2.24, 2.45) is 0 Å². The van der Waals surface area contributed by atoms with Crippen molar-refractivity contribution in [1.82, 2.24) is 40.6 Å². The molecule has 3 aromatic carbocycles. The molecule has 324 valence electrons. The first-order valence-electron chi connectivity index (χ1n) is 22.1. The number of carbonyl (C=O) groups is 4. The van der Waals surface area contributed by atoms with E-state index in [4.69, 9.17) is 14.5 Å². The average Bonchev–Trinajstić information content (AvgIpc) is 4.17. The molecule has 0 bridgehead atoms. The Labute approximate surface area is 366 Å². The van der Waals surface area contributed by atoms with Gasteiger partial charge in [-0.15, -0.1) is 0 Å². The van der Waals surface area contributed by atoms with Crippen LogP contribution >= 0.6 is 0 Å². The summed E-state index contributed by atoms with van der Waals surface area (Å²) in [5.41, 5.74) is 6.83. The minimum atomic E-state index is -0.822. The van der Waals surface area contributed by atoms with Gasteiger partial charge in [-0.1, -0.05) is 66.4 Å². The van der Waals surface area contributed by atoms with Crippen molar-refractivity contribution in [3.05, 3.63) is 119 Å². The Morgan fingerprint density at radius 3 is 1.95 bits per heavy atom. The number of aromatic amines is 2. The third-order valence-corrected chi connectivity index (χ3v) is 12.5. The number of ether oxygens (including phenoxy) is 2. The maximum absolute atomic E-state index is 14.2. The van der Waals surface area contributed by atoms with Crippen molar-refractivity contribution in [3.63, 3.8) is 0 Å². The van der Waals surface area contributed by atoms with Crippen molar-refractivity contribution >= 4 is 23.6 Å². The molecule has 0 unspecified atom stereocenters. The molecular formula is C49H52N8O6. The molecule has 4 fully saturated rings. The van der Waals surface area contributed by atoms with Crippen LogP contribution in [-0.4, -0.2) is 98.1 Å². The van der Waals surface area contributed by atoms with E-state index in [-0.39, 0.29) is 35.7 Å². The van der Waals surface area contributed by atoms with Crippen LogP contribution in [0.1, 0.15) is 105 Å². The standard InChI is InChI=1S/C49H52N8O6/c1-31(51-46(58)42-13-7-27-62-42)48(60)56-25-5-11-40(56)38-29-37(54-55-38)34-21-17-32(18-22-34)15-16-33-19-23-35(24-20-33)39-30-50-45(52-39)41-12-6-26-57(41)49(61)44(36-9-3-2-4-10-36)53-47(59)43-14-8-28-63-43/h2-4,9-10,17-24,29-31,40-44H,5-8,11-14,25-28H2,1H3,(H,50,52)(H,51,58)(H,53,59)(H,54,55)/t31-,40+,41+,42+,43+,44-/m1/s1. The van der Waals surface area contributed by atoms with E-state index in [0.717, 1.165) is 83.4 Å². The summed E-state index contributed by atoms with van der Waals surface area (Å²) in [6.45, 7) is 4.05.